The van der Waals surface area contributed by atoms with Crippen LogP contribution in [0.3, 0.4) is 0 Å². The summed E-state index contributed by atoms with van der Waals surface area (Å²) in [5.41, 5.74) is 9.49. The molecule has 0 atom stereocenters. The number of aromatic nitrogens is 2. The Morgan fingerprint density at radius 3 is 1.08 bits per heavy atom. The molecule has 2 nitrogen and oxygen atoms in total. The van der Waals surface area contributed by atoms with Gasteiger partial charge in [-0.05, 0) is 99.0 Å². The van der Waals surface area contributed by atoms with Crippen molar-refractivity contribution in [2.45, 2.75) is 0 Å². The molecule has 0 N–H and O–H groups in total. The van der Waals surface area contributed by atoms with E-state index in [1.54, 1.807) is 0 Å². The van der Waals surface area contributed by atoms with E-state index in [2.05, 4.69) is 243 Å². The fourth-order valence-corrected chi connectivity index (χ4v) is 9.59. The molecule has 0 bridgehead atoms. The van der Waals surface area contributed by atoms with E-state index in [0.717, 1.165) is 44.2 Å². The summed E-state index contributed by atoms with van der Waals surface area (Å²) in [5, 5.41) is 14.4. The Bertz CT molecular complexity index is 3730. The summed E-state index contributed by atoms with van der Waals surface area (Å²) in [6, 6.07) is 87.4. The molecule has 0 aliphatic heterocycles. The average Bonchev–Trinajstić information content (AvgIpc) is 3.38. The van der Waals surface area contributed by atoms with E-state index in [1.807, 2.05) is 0 Å². The molecule has 0 radical (unpaired) electrons. The summed E-state index contributed by atoms with van der Waals surface area (Å²) in [4.78, 5) is 10.8. The first-order valence-electron chi connectivity index (χ1n) is 21.9. The van der Waals surface area contributed by atoms with Gasteiger partial charge in [-0.15, -0.1) is 0 Å². The van der Waals surface area contributed by atoms with Crippen molar-refractivity contribution in [2.75, 3.05) is 0 Å². The first kappa shape index (κ1) is 37.3. The third-order valence-electron chi connectivity index (χ3n) is 12.7. The van der Waals surface area contributed by atoms with Crippen LogP contribution in [0.15, 0.2) is 243 Å². The second-order valence-corrected chi connectivity index (χ2v) is 16.5. The maximum Gasteiger partial charge on any atom is 0.160 e. The molecule has 0 saturated carbocycles. The summed E-state index contributed by atoms with van der Waals surface area (Å²) in [5.74, 6) is 0.675. The molecule has 11 aromatic carbocycles. The van der Waals surface area contributed by atoms with Crippen LogP contribution >= 0.6 is 0 Å². The first-order valence-corrected chi connectivity index (χ1v) is 21.9. The molecular formula is C62H40N2. The molecule has 0 unspecified atom stereocenters. The van der Waals surface area contributed by atoms with Gasteiger partial charge in [-0.25, -0.2) is 9.97 Å². The van der Waals surface area contributed by atoms with Crippen LogP contribution in [0.2, 0.25) is 0 Å². The standard InChI is InChI=1S/C62H40N2/c1-2-15-41(16-3-1)42-29-33-45(34-30-42)60-40-61(46-35-31-44(32-36-46)49-28-14-18-43-17-4-5-19-48(43)49)64-62(63-60)47-37-38-58-56-26-11-10-24-54(56)52-22-7-6-20-50(52)51-21-8-9-23-53(51)55-25-12-13-27-57(55)59(58)39-47/h1-40H. The summed E-state index contributed by atoms with van der Waals surface area (Å²) >= 11 is 0. The van der Waals surface area contributed by atoms with E-state index in [1.165, 1.54) is 70.7 Å². The normalized spacial score (nSPS) is 11.4. The number of hydrogen-bond acceptors (Lipinski definition) is 2. The molecule has 0 aliphatic carbocycles. The minimum Gasteiger partial charge on any atom is -0.228 e. The Labute approximate surface area is 371 Å². The Hall–Kier alpha value is -8.46. The second-order valence-electron chi connectivity index (χ2n) is 16.5. The highest BCUT2D eigenvalue weighted by atomic mass is 14.9. The van der Waals surface area contributed by atoms with Gasteiger partial charge in [-0.1, -0.05) is 231 Å². The maximum absolute atomic E-state index is 5.40. The van der Waals surface area contributed by atoms with Crippen molar-refractivity contribution in [3.05, 3.63) is 243 Å². The Kier molecular flexibility index (Phi) is 9.20. The summed E-state index contributed by atoms with van der Waals surface area (Å²) in [6.07, 6.45) is 0. The average molecular weight is 813 g/mol. The lowest BCUT2D eigenvalue weighted by Crippen LogP contribution is -1.96. The zero-order valence-corrected chi connectivity index (χ0v) is 35.0. The number of benzene rings is 10. The molecule has 2 heteroatoms. The molecule has 1 aromatic heterocycles. The van der Waals surface area contributed by atoms with E-state index >= 15 is 0 Å². The quantitative estimate of drug-likeness (QED) is 0.173. The summed E-state index contributed by atoms with van der Waals surface area (Å²) in [7, 11) is 0. The largest absolute Gasteiger partial charge is 0.228 e. The van der Waals surface area contributed by atoms with Gasteiger partial charge in [0.1, 0.15) is 0 Å². The molecule has 64 heavy (non-hydrogen) atoms. The smallest absolute Gasteiger partial charge is 0.160 e. The number of rotatable bonds is 5. The highest BCUT2D eigenvalue weighted by Crippen LogP contribution is 2.38. The Morgan fingerprint density at radius 2 is 0.562 bits per heavy atom. The summed E-state index contributed by atoms with van der Waals surface area (Å²) in [6.45, 7) is 0. The molecule has 0 fully saturated rings. The fraction of sp³-hybridized carbons (Fsp3) is 0. The molecular weight excluding hydrogens is 773 g/mol. The van der Waals surface area contributed by atoms with E-state index < -0.39 is 0 Å². The molecule has 298 valence electrons. The number of hydrogen-bond donors (Lipinski definition) is 0. The molecule has 0 amide bonds. The second kappa shape index (κ2) is 15.8. The van der Waals surface area contributed by atoms with E-state index in [0.29, 0.717) is 5.82 Å². The number of fused-ring (bicyclic) bond motifs is 11. The molecule has 1 heterocycles. The van der Waals surface area contributed by atoms with Gasteiger partial charge in [0, 0.05) is 16.7 Å². The van der Waals surface area contributed by atoms with Gasteiger partial charge < -0.3 is 0 Å². The SMILES string of the molecule is c1ccc(-c2ccc(-c3cc(-c4ccc(-c5cccc6ccccc56)cc4)nc(-c4ccc5c6ccccc6c6ccccc6c6ccccc6c6ccccc6c5c4)n3)cc2)cc1. The van der Waals surface area contributed by atoms with Gasteiger partial charge in [0.2, 0.25) is 0 Å². The lowest BCUT2D eigenvalue weighted by molar-refractivity contribution is 1.18. The van der Waals surface area contributed by atoms with Gasteiger partial charge in [0.25, 0.3) is 0 Å². The van der Waals surface area contributed by atoms with Crippen LogP contribution in [-0.2, 0) is 0 Å². The van der Waals surface area contributed by atoms with Gasteiger partial charge in [0.05, 0.1) is 11.4 Å². The van der Waals surface area contributed by atoms with Crippen LogP contribution < -0.4 is 0 Å². The van der Waals surface area contributed by atoms with Crippen molar-refractivity contribution in [1.82, 2.24) is 9.97 Å². The van der Waals surface area contributed by atoms with Gasteiger partial charge in [-0.3, -0.25) is 0 Å². The van der Waals surface area contributed by atoms with Crippen LogP contribution in [0.25, 0.3) is 121 Å². The minimum atomic E-state index is 0.675. The molecule has 0 spiro atoms. The van der Waals surface area contributed by atoms with Crippen molar-refractivity contribution < 1.29 is 0 Å². The third kappa shape index (κ3) is 6.61. The van der Waals surface area contributed by atoms with Crippen LogP contribution in [0.4, 0.5) is 0 Å². The lowest BCUT2D eigenvalue weighted by atomic mass is 9.93. The van der Waals surface area contributed by atoms with Gasteiger partial charge >= 0.3 is 0 Å². The van der Waals surface area contributed by atoms with Crippen LogP contribution in [0, 0.1) is 0 Å². The van der Waals surface area contributed by atoms with Gasteiger partial charge in [0.15, 0.2) is 5.82 Å². The first-order chi connectivity index (χ1) is 31.7. The van der Waals surface area contributed by atoms with Crippen LogP contribution in [-0.4, -0.2) is 9.97 Å². The van der Waals surface area contributed by atoms with E-state index in [9.17, 15) is 0 Å². The maximum atomic E-state index is 5.40. The van der Waals surface area contributed by atoms with Crippen molar-refractivity contribution in [3.63, 3.8) is 0 Å². The predicted octanol–water partition coefficient (Wildman–Crippen LogP) is 16.9. The van der Waals surface area contributed by atoms with Crippen molar-refractivity contribution in [2.24, 2.45) is 0 Å². The van der Waals surface area contributed by atoms with Crippen LogP contribution in [0.1, 0.15) is 0 Å². The molecule has 12 aromatic rings. The fourth-order valence-electron chi connectivity index (χ4n) is 9.59. The highest BCUT2D eigenvalue weighted by molar-refractivity contribution is 6.26. The molecule has 0 saturated heterocycles. The van der Waals surface area contributed by atoms with Crippen molar-refractivity contribution in [1.29, 1.82) is 0 Å². The van der Waals surface area contributed by atoms with Gasteiger partial charge in [-0.2, -0.15) is 0 Å². The van der Waals surface area contributed by atoms with Crippen molar-refractivity contribution in [3.8, 4) is 56.2 Å². The predicted molar refractivity (Wildman–Crippen MR) is 272 cm³/mol. The minimum absolute atomic E-state index is 0.675. The highest BCUT2D eigenvalue weighted by Gasteiger charge is 2.15. The van der Waals surface area contributed by atoms with E-state index in [-0.39, 0.29) is 0 Å². The van der Waals surface area contributed by atoms with E-state index in [4.69, 9.17) is 9.97 Å². The molecule has 12 rings (SSSR count). The van der Waals surface area contributed by atoms with Crippen molar-refractivity contribution >= 4 is 64.6 Å². The van der Waals surface area contributed by atoms with Crippen LogP contribution in [0.5, 0.6) is 0 Å². The number of nitrogens with zero attached hydrogens (tertiary/aromatic N) is 2. The topological polar surface area (TPSA) is 25.8 Å². The third-order valence-corrected chi connectivity index (χ3v) is 12.7. The molecule has 0 aliphatic rings. The Balaban J connectivity index is 1.10. The zero-order chi connectivity index (χ0) is 42.4. The lowest BCUT2D eigenvalue weighted by Gasteiger charge is -2.13. The monoisotopic (exact) mass is 812 g/mol. The summed E-state index contributed by atoms with van der Waals surface area (Å²) < 4.78 is 0. The zero-order valence-electron chi connectivity index (χ0n) is 35.0. The Morgan fingerprint density at radius 1 is 0.203 bits per heavy atom.